The molecule has 3 aromatic carbocycles. The molecule has 5 nitrogen and oxygen atoms in total. The van der Waals surface area contributed by atoms with E-state index in [1.54, 1.807) is 12.1 Å². The molecule has 2 aromatic heterocycles. The molecule has 0 saturated heterocycles. The Kier molecular flexibility index (Phi) is 5.81. The Bertz CT molecular complexity index is 1350. The predicted octanol–water partition coefficient (Wildman–Crippen LogP) is 6.60. The second-order valence-electron chi connectivity index (χ2n) is 8.29. The van der Waals surface area contributed by atoms with Gasteiger partial charge in [-0.3, -0.25) is 0 Å². The Balaban J connectivity index is 1.75. The quantitative estimate of drug-likeness (QED) is 0.261. The Morgan fingerprint density at radius 2 is 1.06 bits per heavy atom. The molecule has 7 heteroatoms. The van der Waals surface area contributed by atoms with Gasteiger partial charge >= 0.3 is 0 Å². The number of nitrogens with zero attached hydrogens (tertiary/aromatic N) is 2. The molecule has 0 atom stereocenters. The van der Waals surface area contributed by atoms with Gasteiger partial charge in [0, 0.05) is 20.9 Å². The van der Waals surface area contributed by atoms with Gasteiger partial charge in [-0.2, -0.15) is 0 Å². The van der Waals surface area contributed by atoms with E-state index in [-0.39, 0.29) is 11.7 Å². The first-order chi connectivity index (χ1) is 16.4. The minimum absolute atomic E-state index is 0.196. The summed E-state index contributed by atoms with van der Waals surface area (Å²) in [6.07, 6.45) is 0. The van der Waals surface area contributed by atoms with Crippen molar-refractivity contribution in [3.63, 3.8) is 0 Å². The molecule has 0 saturated carbocycles. The molecular weight excluding hydrogens is 460 g/mol. The molecule has 0 aliphatic carbocycles. The van der Waals surface area contributed by atoms with Crippen LogP contribution in [0.25, 0.3) is 22.5 Å². The number of benzene rings is 3. The van der Waals surface area contributed by atoms with Crippen molar-refractivity contribution in [2.45, 2.75) is 19.8 Å². The summed E-state index contributed by atoms with van der Waals surface area (Å²) in [5.74, 6) is 0.0189. The monoisotopic (exact) mass is 484 g/mol. The highest BCUT2D eigenvalue weighted by Crippen LogP contribution is 2.47. The molecule has 0 aliphatic rings. The van der Waals surface area contributed by atoms with Crippen molar-refractivity contribution >= 4 is 32.9 Å². The minimum Gasteiger partial charge on any atom is -0.508 e. The minimum atomic E-state index is -0.196. The number of nitrogens with two attached hydrogens (primary N) is 2. The van der Waals surface area contributed by atoms with E-state index in [0.717, 1.165) is 37.8 Å². The molecule has 5 aromatic rings. The van der Waals surface area contributed by atoms with E-state index < -0.39 is 0 Å². The zero-order valence-electron chi connectivity index (χ0n) is 18.8. The van der Waals surface area contributed by atoms with Crippen LogP contribution in [-0.2, 0) is 0 Å². The molecule has 5 N–H and O–H groups in total. The number of nitrogen functional groups attached to an aromatic ring is 2. The van der Waals surface area contributed by atoms with Gasteiger partial charge in [-0.05, 0) is 31.5 Å². The van der Waals surface area contributed by atoms with E-state index in [2.05, 4.69) is 62.4 Å². The lowest BCUT2D eigenvalue weighted by Crippen LogP contribution is -2.03. The summed E-state index contributed by atoms with van der Waals surface area (Å²) in [6.45, 7) is 4.13. The number of phenols is 1. The van der Waals surface area contributed by atoms with E-state index in [1.165, 1.54) is 33.8 Å². The Labute approximate surface area is 206 Å². The van der Waals surface area contributed by atoms with Crippen LogP contribution in [0.15, 0.2) is 72.8 Å². The Morgan fingerprint density at radius 1 is 0.647 bits per heavy atom. The maximum atomic E-state index is 9.95. The third-order valence-electron chi connectivity index (χ3n) is 5.74. The van der Waals surface area contributed by atoms with Crippen molar-refractivity contribution < 1.29 is 5.11 Å². The summed E-state index contributed by atoms with van der Waals surface area (Å²) < 4.78 is 0. The highest BCUT2D eigenvalue weighted by atomic mass is 32.1. The maximum absolute atomic E-state index is 9.95. The number of hydrogen-bond donors (Lipinski definition) is 3. The first-order valence-electron chi connectivity index (χ1n) is 10.8. The fourth-order valence-corrected chi connectivity index (χ4v) is 6.08. The van der Waals surface area contributed by atoms with Gasteiger partial charge in [-0.25, -0.2) is 9.97 Å². The molecule has 170 valence electrons. The van der Waals surface area contributed by atoms with Crippen LogP contribution in [0.5, 0.6) is 5.75 Å². The molecule has 0 unspecified atom stereocenters. The SMILES string of the molecule is Cc1ccc(-c2nc(N)sc2C(c2ccc(O)cc2)c2sc(N)nc2-c2ccc(C)cc2)cc1. The number of aromatic hydroxyl groups is 1. The molecule has 0 fully saturated rings. The van der Waals surface area contributed by atoms with Crippen molar-refractivity contribution in [3.05, 3.63) is 99.2 Å². The summed E-state index contributed by atoms with van der Waals surface area (Å²) in [7, 11) is 0. The van der Waals surface area contributed by atoms with Crippen LogP contribution in [0.4, 0.5) is 10.3 Å². The van der Waals surface area contributed by atoms with Crippen molar-refractivity contribution in [1.29, 1.82) is 0 Å². The van der Waals surface area contributed by atoms with E-state index in [0.29, 0.717) is 10.3 Å². The van der Waals surface area contributed by atoms with E-state index >= 15 is 0 Å². The van der Waals surface area contributed by atoms with E-state index in [9.17, 15) is 5.11 Å². The molecular formula is C27H24N4OS2. The number of aryl methyl sites for hydroxylation is 2. The van der Waals surface area contributed by atoms with E-state index in [4.69, 9.17) is 21.4 Å². The Morgan fingerprint density at radius 3 is 1.47 bits per heavy atom. The molecule has 0 spiro atoms. The molecule has 0 bridgehead atoms. The van der Waals surface area contributed by atoms with Crippen molar-refractivity contribution in [3.8, 4) is 28.3 Å². The smallest absolute Gasteiger partial charge is 0.180 e. The van der Waals surface area contributed by atoms with Gasteiger partial charge in [0.05, 0.1) is 17.3 Å². The zero-order chi connectivity index (χ0) is 23.8. The van der Waals surface area contributed by atoms with Gasteiger partial charge in [0.25, 0.3) is 0 Å². The van der Waals surface area contributed by atoms with Crippen molar-refractivity contribution in [2.75, 3.05) is 11.5 Å². The summed E-state index contributed by atoms with van der Waals surface area (Å²) in [6, 6.07) is 23.9. The molecule has 2 heterocycles. The molecule has 0 aliphatic heterocycles. The first kappa shape index (κ1) is 22.1. The van der Waals surface area contributed by atoms with Crippen molar-refractivity contribution in [1.82, 2.24) is 9.97 Å². The fraction of sp³-hybridized carbons (Fsp3) is 0.111. The molecule has 0 radical (unpaired) electrons. The van der Waals surface area contributed by atoms with Crippen LogP contribution in [0, 0.1) is 13.8 Å². The largest absolute Gasteiger partial charge is 0.508 e. The van der Waals surface area contributed by atoms with Crippen LogP contribution in [0.1, 0.15) is 32.4 Å². The lowest BCUT2D eigenvalue weighted by atomic mass is 9.90. The molecule has 5 rings (SSSR count). The number of phenolic OH excluding ortho intramolecular Hbond substituents is 1. The number of aromatic nitrogens is 2. The van der Waals surface area contributed by atoms with Crippen molar-refractivity contribution in [2.24, 2.45) is 0 Å². The fourth-order valence-electron chi connectivity index (χ4n) is 4.01. The number of thiazole rings is 2. The summed E-state index contributed by atoms with van der Waals surface area (Å²) in [4.78, 5) is 11.5. The summed E-state index contributed by atoms with van der Waals surface area (Å²) in [5, 5.41) is 11.0. The average Bonchev–Trinajstić information content (AvgIpc) is 3.39. The first-order valence-corrected chi connectivity index (χ1v) is 12.5. The lowest BCUT2D eigenvalue weighted by molar-refractivity contribution is 0.475. The van der Waals surface area contributed by atoms with Crippen LogP contribution >= 0.6 is 22.7 Å². The highest BCUT2D eigenvalue weighted by Gasteiger charge is 2.29. The zero-order valence-corrected chi connectivity index (χ0v) is 20.5. The molecule has 34 heavy (non-hydrogen) atoms. The van der Waals surface area contributed by atoms with Crippen LogP contribution in [0.3, 0.4) is 0 Å². The summed E-state index contributed by atoms with van der Waals surface area (Å²) >= 11 is 2.95. The summed E-state index contributed by atoms with van der Waals surface area (Å²) in [5.41, 5.74) is 19.6. The van der Waals surface area contributed by atoms with E-state index in [1.807, 2.05) is 12.1 Å². The van der Waals surface area contributed by atoms with Gasteiger partial charge in [-0.15, -0.1) is 22.7 Å². The predicted molar refractivity (Wildman–Crippen MR) is 142 cm³/mol. The third-order valence-corrected chi connectivity index (χ3v) is 7.64. The van der Waals surface area contributed by atoms with Gasteiger partial charge in [0.15, 0.2) is 10.3 Å². The van der Waals surface area contributed by atoms with Crippen LogP contribution in [-0.4, -0.2) is 15.1 Å². The lowest BCUT2D eigenvalue weighted by Gasteiger charge is -2.18. The number of anilines is 2. The van der Waals surface area contributed by atoms with Gasteiger partial charge in [0.2, 0.25) is 0 Å². The second-order valence-corrected chi connectivity index (χ2v) is 10.4. The topological polar surface area (TPSA) is 98.0 Å². The Hall–Kier alpha value is -3.68. The van der Waals surface area contributed by atoms with Gasteiger partial charge < -0.3 is 16.6 Å². The normalized spacial score (nSPS) is 11.3. The maximum Gasteiger partial charge on any atom is 0.180 e. The molecule has 0 amide bonds. The standard InChI is InChI=1S/C27H24N4OS2/c1-15-3-7-18(8-4-15)22-24(33-26(28)30-22)21(17-11-13-20(32)14-12-17)25-23(31-27(29)34-25)19-9-5-16(2)6-10-19/h3-14,21,32H,1-2H3,(H2,28,30)(H2,29,31). The third kappa shape index (κ3) is 4.27. The van der Waals surface area contributed by atoms with Gasteiger partial charge in [0.1, 0.15) is 5.75 Å². The highest BCUT2D eigenvalue weighted by molar-refractivity contribution is 7.17. The van der Waals surface area contributed by atoms with Gasteiger partial charge in [-0.1, -0.05) is 71.8 Å². The van der Waals surface area contributed by atoms with Crippen LogP contribution < -0.4 is 11.5 Å². The second kappa shape index (κ2) is 8.93. The van der Waals surface area contributed by atoms with Crippen LogP contribution in [0.2, 0.25) is 0 Å². The number of rotatable bonds is 5. The number of hydrogen-bond acceptors (Lipinski definition) is 7. The average molecular weight is 485 g/mol.